The quantitative estimate of drug-likeness (QED) is 0.0892. The Kier molecular flexibility index (Phi) is 11.4. The fourth-order valence-corrected chi connectivity index (χ4v) is 5.81. The normalized spacial score (nSPS) is 13.3. The van der Waals surface area contributed by atoms with Crippen LogP contribution in [0.5, 0.6) is 5.75 Å². The molecule has 0 spiro atoms. The molecule has 1 fully saturated rings. The molecule has 4 heterocycles. The number of nitrogens with two attached hydrogens (primary N) is 1. The van der Waals surface area contributed by atoms with E-state index in [1.165, 1.54) is 10.3 Å². The fourth-order valence-electron chi connectivity index (χ4n) is 5.70. The number of pyridine rings is 2. The molecule has 0 saturated carbocycles. The molecule has 1 aliphatic heterocycles. The van der Waals surface area contributed by atoms with Crippen molar-refractivity contribution in [2.24, 2.45) is 5.73 Å². The molecule has 0 radical (unpaired) electrons. The van der Waals surface area contributed by atoms with Crippen LogP contribution in [0.4, 0.5) is 5.69 Å². The lowest BCUT2D eigenvalue weighted by atomic mass is 10.1. The minimum atomic E-state index is -0.329. The topological polar surface area (TPSA) is 125 Å². The van der Waals surface area contributed by atoms with Crippen molar-refractivity contribution < 1.29 is 14.3 Å². The molecule has 2 N–H and O–H groups in total. The smallest absolute Gasteiger partial charge is 0.261 e. The van der Waals surface area contributed by atoms with Crippen LogP contribution in [0.15, 0.2) is 90.1 Å². The Morgan fingerprint density at radius 3 is 2.61 bits per heavy atom. The number of hydrogen-bond donors (Lipinski definition) is 1. The Labute approximate surface area is 290 Å². The molecule has 0 amide bonds. The zero-order chi connectivity index (χ0) is 34.0. The summed E-state index contributed by atoms with van der Waals surface area (Å²) in [7, 11) is 0. The number of rotatable bonds is 14. The van der Waals surface area contributed by atoms with Gasteiger partial charge in [-0.3, -0.25) is 9.59 Å². The van der Waals surface area contributed by atoms with Crippen LogP contribution in [-0.2, 0) is 17.7 Å². The number of carbonyl (C=O) groups excluding carboxylic acids is 1. The minimum Gasteiger partial charge on any atom is -0.491 e. The largest absolute Gasteiger partial charge is 0.491 e. The predicted octanol–water partition coefficient (Wildman–Crippen LogP) is 5.72. The number of allylic oxidation sites excluding steroid dienone is 1. The maximum atomic E-state index is 13.0. The molecule has 252 valence electrons. The first-order chi connectivity index (χ1) is 24.0. The van der Waals surface area contributed by atoms with Crippen molar-refractivity contribution in [1.29, 1.82) is 0 Å². The number of nitrogens with zero attached hydrogens (tertiary/aromatic N) is 5. The molecular weight excluding hydrogens is 640 g/mol. The van der Waals surface area contributed by atoms with Crippen LogP contribution in [0.25, 0.3) is 17.0 Å². The number of morpholine rings is 1. The maximum Gasteiger partial charge on any atom is 0.261 e. The second kappa shape index (κ2) is 16.5. The minimum absolute atomic E-state index is 0.167. The number of Topliss-reactive ketones (excluding diaryl/α,β-unsaturated/α-hetero) is 1. The maximum absolute atomic E-state index is 13.0. The van der Waals surface area contributed by atoms with Gasteiger partial charge in [0, 0.05) is 55.6 Å². The number of ether oxygens (including phenoxy) is 2. The Balaban J connectivity index is 1.12. The van der Waals surface area contributed by atoms with Gasteiger partial charge in [-0.15, -0.1) is 0 Å². The van der Waals surface area contributed by atoms with Crippen LogP contribution in [0.3, 0.4) is 0 Å². The van der Waals surface area contributed by atoms with E-state index in [1.54, 1.807) is 36.7 Å². The summed E-state index contributed by atoms with van der Waals surface area (Å²) in [5, 5.41) is 1.24. The van der Waals surface area contributed by atoms with Gasteiger partial charge in [-0.25, -0.2) is 15.0 Å². The molecule has 11 heteroatoms. The summed E-state index contributed by atoms with van der Waals surface area (Å²) in [4.78, 5) is 42.0. The highest BCUT2D eigenvalue weighted by atomic mass is 35.5. The lowest BCUT2D eigenvalue weighted by Crippen LogP contribution is -2.36. The van der Waals surface area contributed by atoms with Crippen LogP contribution >= 0.6 is 11.6 Å². The third-order valence-electron chi connectivity index (χ3n) is 8.31. The van der Waals surface area contributed by atoms with E-state index in [9.17, 15) is 9.59 Å². The molecule has 1 aliphatic rings. The summed E-state index contributed by atoms with van der Waals surface area (Å²) < 4.78 is 13.1. The van der Waals surface area contributed by atoms with Gasteiger partial charge in [-0.05, 0) is 78.5 Å². The van der Waals surface area contributed by atoms with Crippen molar-refractivity contribution in [3.8, 4) is 5.75 Å². The molecule has 5 aromatic rings. The fraction of sp³-hybridized carbons (Fsp3) is 0.289. The Bertz CT molecular complexity index is 1970. The lowest BCUT2D eigenvalue weighted by Gasteiger charge is -2.28. The van der Waals surface area contributed by atoms with Crippen LogP contribution in [0.2, 0.25) is 5.15 Å². The first-order valence-corrected chi connectivity index (χ1v) is 16.9. The first kappa shape index (κ1) is 34.0. The number of aromatic nitrogens is 4. The number of halogens is 1. The molecule has 1 saturated heterocycles. The van der Waals surface area contributed by atoms with Gasteiger partial charge >= 0.3 is 0 Å². The number of fused-ring (bicyclic) bond motifs is 1. The standard InChI is InChI=1S/C38H39ClN6O4/c39-35-13-10-29(24-41-35)26-45-15-3-6-32(38(45)47)33(46)7-2-1-5-28-21-30-25-42-36(43-37(30)34(22-28)49-18-4-14-40)23-27-8-11-31(12-9-27)44-16-19-48-20-17-44/h1,3,5-6,8-13,15,21-22,24-25H,2,4,7,14,16-20,23,26,40H2/b5-1+. The zero-order valence-electron chi connectivity index (χ0n) is 27.3. The van der Waals surface area contributed by atoms with E-state index >= 15 is 0 Å². The number of anilines is 1. The number of carbonyl (C=O) groups is 1. The summed E-state index contributed by atoms with van der Waals surface area (Å²) in [6.07, 6.45) is 11.0. The monoisotopic (exact) mass is 678 g/mol. The van der Waals surface area contributed by atoms with Gasteiger partial charge in [-0.2, -0.15) is 0 Å². The van der Waals surface area contributed by atoms with E-state index in [1.807, 2.05) is 30.5 Å². The lowest BCUT2D eigenvalue weighted by molar-refractivity contribution is 0.0981. The summed E-state index contributed by atoms with van der Waals surface area (Å²) >= 11 is 5.87. The number of benzene rings is 2. The Morgan fingerprint density at radius 1 is 1.02 bits per heavy atom. The third-order valence-corrected chi connectivity index (χ3v) is 8.54. The highest BCUT2D eigenvalue weighted by Gasteiger charge is 2.14. The van der Waals surface area contributed by atoms with Crippen molar-refractivity contribution in [2.75, 3.05) is 44.4 Å². The Morgan fingerprint density at radius 2 is 1.84 bits per heavy atom. The molecular formula is C38H39ClN6O4. The molecule has 10 nitrogen and oxygen atoms in total. The van der Waals surface area contributed by atoms with E-state index in [4.69, 9.17) is 31.8 Å². The van der Waals surface area contributed by atoms with Gasteiger partial charge in [-0.1, -0.05) is 42.0 Å². The molecule has 0 bridgehead atoms. The third kappa shape index (κ3) is 8.97. The summed E-state index contributed by atoms with van der Waals surface area (Å²) in [6, 6.07) is 19.3. The van der Waals surface area contributed by atoms with Crippen LogP contribution in [-0.4, -0.2) is 64.8 Å². The highest BCUT2D eigenvalue weighted by Crippen LogP contribution is 2.28. The molecule has 0 atom stereocenters. The van der Waals surface area contributed by atoms with Gasteiger partial charge in [0.1, 0.15) is 22.2 Å². The SMILES string of the molecule is NCCCOc1cc(/C=C/CCC(=O)c2cccn(Cc3ccc(Cl)nc3)c2=O)cc2cnc(Cc3ccc(N4CCOCC4)cc3)nc12. The Hall–Kier alpha value is -4.90. The van der Waals surface area contributed by atoms with Gasteiger partial charge < -0.3 is 24.7 Å². The predicted molar refractivity (Wildman–Crippen MR) is 193 cm³/mol. The number of hydrogen-bond acceptors (Lipinski definition) is 9. The molecule has 2 aromatic carbocycles. The second-order valence-corrected chi connectivity index (χ2v) is 12.3. The van der Waals surface area contributed by atoms with E-state index in [-0.39, 0.29) is 23.3 Å². The summed E-state index contributed by atoms with van der Waals surface area (Å²) in [5.41, 5.74) is 10.3. The van der Waals surface area contributed by atoms with E-state index < -0.39 is 0 Å². The van der Waals surface area contributed by atoms with Crippen LogP contribution in [0, 0.1) is 0 Å². The average Bonchev–Trinajstić information content (AvgIpc) is 3.13. The van der Waals surface area contributed by atoms with Gasteiger partial charge in [0.25, 0.3) is 5.56 Å². The van der Waals surface area contributed by atoms with Gasteiger partial charge in [0.15, 0.2) is 5.78 Å². The van der Waals surface area contributed by atoms with Crippen molar-refractivity contribution in [3.05, 3.63) is 129 Å². The van der Waals surface area contributed by atoms with Crippen molar-refractivity contribution >= 4 is 40.1 Å². The number of ketones is 1. The summed E-state index contributed by atoms with van der Waals surface area (Å²) in [6.45, 7) is 4.60. The summed E-state index contributed by atoms with van der Waals surface area (Å²) in [5.74, 6) is 1.16. The molecule has 6 rings (SSSR count). The second-order valence-electron chi connectivity index (χ2n) is 11.9. The van der Waals surface area contributed by atoms with Crippen LogP contribution < -0.4 is 20.9 Å². The van der Waals surface area contributed by atoms with E-state index in [2.05, 4.69) is 39.1 Å². The van der Waals surface area contributed by atoms with Crippen molar-refractivity contribution in [3.63, 3.8) is 0 Å². The average molecular weight is 679 g/mol. The van der Waals surface area contributed by atoms with Crippen molar-refractivity contribution in [2.45, 2.75) is 32.2 Å². The van der Waals surface area contributed by atoms with Crippen LogP contribution in [0.1, 0.15) is 52.1 Å². The molecule has 3 aromatic heterocycles. The van der Waals surface area contributed by atoms with E-state index in [0.717, 1.165) is 60.3 Å². The molecule has 49 heavy (non-hydrogen) atoms. The zero-order valence-corrected chi connectivity index (χ0v) is 28.0. The first-order valence-electron chi connectivity index (χ1n) is 16.5. The van der Waals surface area contributed by atoms with Gasteiger partial charge in [0.2, 0.25) is 0 Å². The van der Waals surface area contributed by atoms with Crippen molar-refractivity contribution in [1.82, 2.24) is 19.5 Å². The molecule has 0 unspecified atom stereocenters. The molecule has 0 aliphatic carbocycles. The van der Waals surface area contributed by atoms with Gasteiger partial charge in [0.05, 0.1) is 31.9 Å². The highest BCUT2D eigenvalue weighted by molar-refractivity contribution is 6.29. The van der Waals surface area contributed by atoms with E-state index in [0.29, 0.717) is 49.3 Å².